The third kappa shape index (κ3) is 2.23. The van der Waals surface area contributed by atoms with Gasteiger partial charge in [-0.25, -0.2) is 0 Å². The van der Waals surface area contributed by atoms with Gasteiger partial charge in [0.2, 0.25) is 0 Å². The lowest BCUT2D eigenvalue weighted by molar-refractivity contribution is 0.319. The molecule has 2 atom stereocenters. The van der Waals surface area contributed by atoms with Gasteiger partial charge in [0.05, 0.1) is 14.2 Å². The molecule has 0 amide bonds. The minimum absolute atomic E-state index is 0.168. The van der Waals surface area contributed by atoms with Gasteiger partial charge in [-0.3, -0.25) is 0 Å². The Balaban J connectivity index is 1.80. The summed E-state index contributed by atoms with van der Waals surface area (Å²) in [7, 11) is 3.46. The Hall–Kier alpha value is -1.96. The Labute approximate surface area is 138 Å². The summed E-state index contributed by atoms with van der Waals surface area (Å²) in [6.45, 7) is 0. The zero-order valence-corrected chi connectivity index (χ0v) is 13.9. The van der Waals surface area contributed by atoms with E-state index in [1.807, 2.05) is 0 Å². The molecule has 2 aromatic carbocycles. The minimum Gasteiger partial charge on any atom is -0.497 e. The average molecular weight is 308 g/mol. The maximum atomic E-state index is 5.35. The summed E-state index contributed by atoms with van der Waals surface area (Å²) in [6, 6.07) is 17.5. The molecule has 0 aromatic heterocycles. The van der Waals surface area contributed by atoms with Gasteiger partial charge in [0.15, 0.2) is 0 Å². The fourth-order valence-corrected chi connectivity index (χ4v) is 4.98. The van der Waals surface area contributed by atoms with Crippen LogP contribution in [0.1, 0.15) is 36.8 Å². The van der Waals surface area contributed by atoms with Crippen LogP contribution in [-0.4, -0.2) is 14.2 Å². The van der Waals surface area contributed by atoms with E-state index in [0.717, 1.165) is 23.3 Å². The number of fused-ring (bicyclic) bond motifs is 2. The van der Waals surface area contributed by atoms with Crippen LogP contribution in [-0.2, 0) is 5.41 Å². The normalized spacial score (nSPS) is 24.6. The van der Waals surface area contributed by atoms with Gasteiger partial charge in [-0.05, 0) is 66.5 Å². The number of ether oxygens (including phenoxy) is 2. The van der Waals surface area contributed by atoms with Gasteiger partial charge >= 0.3 is 0 Å². The zero-order chi connectivity index (χ0) is 15.9. The molecule has 120 valence electrons. The number of benzene rings is 2. The Morgan fingerprint density at radius 1 is 0.783 bits per heavy atom. The van der Waals surface area contributed by atoms with Gasteiger partial charge in [0, 0.05) is 5.41 Å². The Kier molecular flexibility index (Phi) is 3.56. The smallest absolute Gasteiger partial charge is 0.118 e. The molecular weight excluding hydrogens is 284 g/mol. The van der Waals surface area contributed by atoms with Gasteiger partial charge in [-0.15, -0.1) is 0 Å². The average Bonchev–Trinajstić information content (AvgIpc) is 3.24. The molecule has 0 heterocycles. The van der Waals surface area contributed by atoms with Crippen molar-refractivity contribution in [2.45, 2.75) is 31.1 Å². The van der Waals surface area contributed by atoms with Crippen LogP contribution < -0.4 is 9.47 Å². The summed E-state index contributed by atoms with van der Waals surface area (Å²) in [5.41, 5.74) is 3.05. The molecule has 2 aliphatic carbocycles. The van der Waals surface area contributed by atoms with Crippen molar-refractivity contribution in [3.63, 3.8) is 0 Å². The molecule has 0 radical (unpaired) electrons. The first kappa shape index (κ1) is 14.6. The lowest BCUT2D eigenvalue weighted by atomic mass is 9.64. The van der Waals surface area contributed by atoms with Crippen LogP contribution >= 0.6 is 0 Å². The van der Waals surface area contributed by atoms with Crippen LogP contribution in [0.3, 0.4) is 0 Å². The third-order valence-corrected chi connectivity index (χ3v) is 6.06. The van der Waals surface area contributed by atoms with E-state index in [1.165, 1.54) is 36.8 Å². The van der Waals surface area contributed by atoms with E-state index in [0.29, 0.717) is 0 Å². The minimum atomic E-state index is 0.168. The predicted octanol–water partition coefficient (Wildman–Crippen LogP) is 4.81. The molecule has 2 aliphatic rings. The highest BCUT2D eigenvalue weighted by molar-refractivity contribution is 5.46. The van der Waals surface area contributed by atoms with Gasteiger partial charge in [0.25, 0.3) is 0 Å². The molecule has 2 heteroatoms. The second-order valence-electron chi connectivity index (χ2n) is 7.01. The standard InChI is InChI=1S/C21H24O2/c1-22-19-9-5-16(6-10-19)21(14-15-3-4-18(21)13-15)17-7-11-20(23-2)12-8-17/h5-12,15,18H,3-4,13-14H2,1-2H3. The fourth-order valence-electron chi connectivity index (χ4n) is 4.98. The molecule has 2 unspecified atom stereocenters. The first-order valence-corrected chi connectivity index (χ1v) is 8.55. The van der Waals surface area contributed by atoms with Crippen molar-refractivity contribution in [1.29, 1.82) is 0 Å². The molecule has 2 fully saturated rings. The van der Waals surface area contributed by atoms with Gasteiger partial charge < -0.3 is 9.47 Å². The molecule has 2 nitrogen and oxygen atoms in total. The van der Waals surface area contributed by atoms with E-state index < -0.39 is 0 Å². The van der Waals surface area contributed by atoms with Crippen LogP contribution in [0.4, 0.5) is 0 Å². The number of methoxy groups -OCH3 is 2. The topological polar surface area (TPSA) is 18.5 Å². The molecule has 2 aromatic rings. The van der Waals surface area contributed by atoms with Gasteiger partial charge in [-0.1, -0.05) is 30.7 Å². The summed E-state index contributed by atoms with van der Waals surface area (Å²) in [5.74, 6) is 3.50. The molecule has 0 saturated heterocycles. The molecule has 4 rings (SSSR count). The first-order chi connectivity index (χ1) is 11.3. The van der Waals surface area contributed by atoms with Crippen molar-refractivity contribution in [2.24, 2.45) is 11.8 Å². The predicted molar refractivity (Wildman–Crippen MR) is 92.2 cm³/mol. The largest absolute Gasteiger partial charge is 0.497 e. The molecular formula is C21H24O2. The second kappa shape index (κ2) is 5.59. The van der Waals surface area contributed by atoms with Crippen LogP contribution in [0.25, 0.3) is 0 Å². The quantitative estimate of drug-likeness (QED) is 0.807. The van der Waals surface area contributed by atoms with E-state index in [9.17, 15) is 0 Å². The van der Waals surface area contributed by atoms with Gasteiger partial charge in [0.1, 0.15) is 11.5 Å². The Bertz CT molecular complexity index is 624. The monoisotopic (exact) mass is 308 g/mol. The van der Waals surface area contributed by atoms with Crippen molar-refractivity contribution in [2.75, 3.05) is 14.2 Å². The maximum Gasteiger partial charge on any atom is 0.118 e. The molecule has 2 bridgehead atoms. The highest BCUT2D eigenvalue weighted by atomic mass is 16.5. The van der Waals surface area contributed by atoms with Crippen molar-refractivity contribution >= 4 is 0 Å². The summed E-state index contributed by atoms with van der Waals surface area (Å²) in [5, 5.41) is 0. The van der Waals surface area contributed by atoms with Crippen molar-refractivity contribution in [3.05, 3.63) is 59.7 Å². The Morgan fingerprint density at radius 3 is 1.65 bits per heavy atom. The van der Waals surface area contributed by atoms with Crippen molar-refractivity contribution in [3.8, 4) is 11.5 Å². The fraction of sp³-hybridized carbons (Fsp3) is 0.429. The maximum absolute atomic E-state index is 5.35. The SMILES string of the molecule is COc1ccc(C2(c3ccc(OC)cc3)CC3CCC2C3)cc1. The summed E-state index contributed by atoms with van der Waals surface area (Å²) >= 11 is 0. The van der Waals surface area contributed by atoms with E-state index in [-0.39, 0.29) is 5.41 Å². The molecule has 0 aliphatic heterocycles. The van der Waals surface area contributed by atoms with E-state index in [1.54, 1.807) is 14.2 Å². The lowest BCUT2D eigenvalue weighted by Crippen LogP contribution is -2.33. The van der Waals surface area contributed by atoms with Crippen LogP contribution in [0.2, 0.25) is 0 Å². The molecule has 0 spiro atoms. The highest BCUT2D eigenvalue weighted by Gasteiger charge is 2.52. The molecule has 23 heavy (non-hydrogen) atoms. The number of hydrogen-bond donors (Lipinski definition) is 0. The first-order valence-electron chi connectivity index (χ1n) is 8.55. The second-order valence-corrected chi connectivity index (χ2v) is 7.01. The molecule has 0 N–H and O–H groups in total. The van der Waals surface area contributed by atoms with E-state index >= 15 is 0 Å². The number of rotatable bonds is 4. The van der Waals surface area contributed by atoms with Crippen LogP contribution in [0.15, 0.2) is 48.5 Å². The number of hydrogen-bond acceptors (Lipinski definition) is 2. The zero-order valence-electron chi connectivity index (χ0n) is 13.9. The summed E-state index contributed by atoms with van der Waals surface area (Å²) < 4.78 is 10.7. The Morgan fingerprint density at radius 2 is 1.30 bits per heavy atom. The molecule has 2 saturated carbocycles. The summed E-state index contributed by atoms with van der Waals surface area (Å²) in [4.78, 5) is 0. The summed E-state index contributed by atoms with van der Waals surface area (Å²) in [6.07, 6.45) is 5.40. The van der Waals surface area contributed by atoms with Gasteiger partial charge in [-0.2, -0.15) is 0 Å². The van der Waals surface area contributed by atoms with E-state index in [4.69, 9.17) is 9.47 Å². The third-order valence-electron chi connectivity index (χ3n) is 6.06. The van der Waals surface area contributed by atoms with Crippen molar-refractivity contribution < 1.29 is 9.47 Å². The lowest BCUT2D eigenvalue weighted by Gasteiger charge is -2.39. The van der Waals surface area contributed by atoms with Crippen LogP contribution in [0.5, 0.6) is 11.5 Å². The van der Waals surface area contributed by atoms with Crippen LogP contribution in [0, 0.1) is 11.8 Å². The highest BCUT2D eigenvalue weighted by Crippen LogP contribution is 2.60. The van der Waals surface area contributed by atoms with E-state index in [2.05, 4.69) is 48.5 Å². The van der Waals surface area contributed by atoms with Crippen molar-refractivity contribution in [1.82, 2.24) is 0 Å².